The van der Waals surface area contributed by atoms with Gasteiger partial charge in [-0.25, -0.2) is 9.18 Å². The van der Waals surface area contributed by atoms with Crippen LogP contribution >= 0.6 is 0 Å². The third-order valence-corrected chi connectivity index (χ3v) is 2.38. The molecule has 1 atom stereocenters. The van der Waals surface area contributed by atoms with Crippen LogP contribution in [0.15, 0.2) is 18.2 Å². The summed E-state index contributed by atoms with van der Waals surface area (Å²) in [5.74, 6) is -5.22. The van der Waals surface area contributed by atoms with Gasteiger partial charge in [-0.2, -0.15) is 0 Å². The molecule has 1 aromatic carbocycles. The van der Waals surface area contributed by atoms with E-state index in [9.17, 15) is 28.9 Å². The van der Waals surface area contributed by atoms with Crippen LogP contribution in [0, 0.1) is 15.9 Å². The van der Waals surface area contributed by atoms with Crippen molar-refractivity contribution >= 4 is 23.5 Å². The fraction of sp³-hybridized carbons (Fsp3) is 0.182. The Kier molecular flexibility index (Phi) is 4.89. The number of carboxylic acid groups (broad SMARTS) is 2. The van der Waals surface area contributed by atoms with Crippen molar-refractivity contribution in [2.24, 2.45) is 0 Å². The summed E-state index contributed by atoms with van der Waals surface area (Å²) in [4.78, 5) is 42.8. The van der Waals surface area contributed by atoms with Crippen LogP contribution < -0.4 is 5.32 Å². The number of nitrogens with one attached hydrogen (secondary N) is 1. The highest BCUT2D eigenvalue weighted by atomic mass is 19.1. The van der Waals surface area contributed by atoms with E-state index < -0.39 is 52.3 Å². The third kappa shape index (κ3) is 4.23. The van der Waals surface area contributed by atoms with E-state index in [4.69, 9.17) is 10.2 Å². The molecular formula is C11H9FN2O7. The molecule has 10 heteroatoms. The van der Waals surface area contributed by atoms with Crippen LogP contribution in [0.1, 0.15) is 16.8 Å². The first-order valence-corrected chi connectivity index (χ1v) is 5.41. The number of carbonyl (C=O) groups excluding carboxylic acids is 1. The van der Waals surface area contributed by atoms with Crippen LogP contribution in [0.5, 0.6) is 0 Å². The lowest BCUT2D eigenvalue weighted by Crippen LogP contribution is -2.42. The topological polar surface area (TPSA) is 147 Å². The molecule has 112 valence electrons. The minimum Gasteiger partial charge on any atom is -0.481 e. The van der Waals surface area contributed by atoms with Crippen molar-refractivity contribution in [2.45, 2.75) is 12.5 Å². The fourth-order valence-corrected chi connectivity index (χ4v) is 1.46. The number of carboxylic acids is 2. The minimum atomic E-state index is -1.76. The zero-order valence-electron chi connectivity index (χ0n) is 10.3. The van der Waals surface area contributed by atoms with Gasteiger partial charge in [0.15, 0.2) is 0 Å². The van der Waals surface area contributed by atoms with E-state index in [1.165, 1.54) is 0 Å². The van der Waals surface area contributed by atoms with Crippen LogP contribution in [0.4, 0.5) is 10.1 Å². The second-order valence-electron chi connectivity index (χ2n) is 3.88. The number of hydrogen-bond donors (Lipinski definition) is 3. The normalized spacial score (nSPS) is 11.5. The molecule has 0 fully saturated rings. The number of halogens is 1. The SMILES string of the molecule is O=C(O)C[C@H](NC(=O)c1ccc(F)cc1[N+](=O)[O-])C(=O)O. The zero-order chi connectivity index (χ0) is 16.2. The third-order valence-electron chi connectivity index (χ3n) is 2.38. The van der Waals surface area contributed by atoms with E-state index in [1.54, 1.807) is 0 Å². The highest BCUT2D eigenvalue weighted by Gasteiger charge is 2.27. The summed E-state index contributed by atoms with van der Waals surface area (Å²) in [6, 6.07) is 0.332. The van der Waals surface area contributed by atoms with Gasteiger partial charge in [-0.1, -0.05) is 0 Å². The Morgan fingerprint density at radius 2 is 1.95 bits per heavy atom. The molecule has 0 saturated carbocycles. The number of aliphatic carboxylic acids is 2. The Morgan fingerprint density at radius 3 is 2.43 bits per heavy atom. The number of rotatable bonds is 6. The highest BCUT2D eigenvalue weighted by molar-refractivity contribution is 6.00. The Morgan fingerprint density at radius 1 is 1.33 bits per heavy atom. The molecule has 1 rings (SSSR count). The number of nitrogens with zero attached hydrogens (tertiary/aromatic N) is 1. The summed E-state index contributed by atoms with van der Waals surface area (Å²) in [5.41, 5.74) is -1.43. The van der Waals surface area contributed by atoms with Gasteiger partial charge in [0.25, 0.3) is 11.6 Å². The quantitative estimate of drug-likeness (QED) is 0.508. The Labute approximate surface area is 116 Å². The first-order chi connectivity index (χ1) is 9.72. The van der Waals surface area contributed by atoms with E-state index in [0.29, 0.717) is 6.07 Å². The molecule has 0 aliphatic rings. The van der Waals surface area contributed by atoms with Gasteiger partial charge in [0.1, 0.15) is 17.4 Å². The number of nitro groups is 1. The van der Waals surface area contributed by atoms with Crippen molar-refractivity contribution in [2.75, 3.05) is 0 Å². The second-order valence-corrected chi connectivity index (χ2v) is 3.88. The van der Waals surface area contributed by atoms with Gasteiger partial charge in [0.2, 0.25) is 0 Å². The van der Waals surface area contributed by atoms with E-state index in [-0.39, 0.29) is 0 Å². The number of amides is 1. The van der Waals surface area contributed by atoms with Crippen LogP contribution in [-0.4, -0.2) is 39.0 Å². The second kappa shape index (κ2) is 6.41. The summed E-state index contributed by atoms with van der Waals surface area (Å²) in [5, 5.41) is 29.8. The molecular weight excluding hydrogens is 291 g/mol. The number of carbonyl (C=O) groups is 3. The number of nitro benzene ring substituents is 1. The van der Waals surface area contributed by atoms with Gasteiger partial charge in [-0.3, -0.25) is 19.7 Å². The van der Waals surface area contributed by atoms with E-state index in [2.05, 4.69) is 0 Å². The van der Waals surface area contributed by atoms with Crippen LogP contribution in [0.3, 0.4) is 0 Å². The van der Waals surface area contributed by atoms with Crippen molar-refractivity contribution in [3.05, 3.63) is 39.7 Å². The number of hydrogen-bond acceptors (Lipinski definition) is 5. The van der Waals surface area contributed by atoms with Crippen LogP contribution in [0.2, 0.25) is 0 Å². The summed E-state index contributed by atoms with van der Waals surface area (Å²) < 4.78 is 12.9. The molecule has 3 N–H and O–H groups in total. The highest BCUT2D eigenvalue weighted by Crippen LogP contribution is 2.19. The van der Waals surface area contributed by atoms with Gasteiger partial charge in [-0.15, -0.1) is 0 Å². The molecule has 0 bridgehead atoms. The largest absolute Gasteiger partial charge is 0.481 e. The van der Waals surface area contributed by atoms with Gasteiger partial charge >= 0.3 is 11.9 Å². The molecule has 0 radical (unpaired) electrons. The lowest BCUT2D eigenvalue weighted by atomic mass is 10.1. The predicted octanol–water partition coefficient (Wildman–Crippen LogP) is 0.392. The minimum absolute atomic E-state index is 0.502. The maximum atomic E-state index is 12.9. The Bertz CT molecular complexity index is 617. The fourth-order valence-electron chi connectivity index (χ4n) is 1.46. The summed E-state index contributed by atoms with van der Waals surface area (Å²) in [7, 11) is 0. The molecule has 0 unspecified atom stereocenters. The molecule has 0 spiro atoms. The molecule has 0 heterocycles. The van der Waals surface area contributed by atoms with Crippen molar-refractivity contribution < 1.29 is 33.9 Å². The molecule has 1 aromatic rings. The maximum Gasteiger partial charge on any atom is 0.326 e. The summed E-state index contributed by atoms with van der Waals surface area (Å²) in [6.07, 6.45) is -0.907. The van der Waals surface area contributed by atoms with Crippen molar-refractivity contribution in [1.82, 2.24) is 5.32 Å². The zero-order valence-corrected chi connectivity index (χ0v) is 10.3. The average molecular weight is 300 g/mol. The van der Waals surface area contributed by atoms with Crippen molar-refractivity contribution in [3.63, 3.8) is 0 Å². The Balaban J connectivity index is 3.05. The molecule has 0 aliphatic carbocycles. The average Bonchev–Trinajstić information content (AvgIpc) is 2.36. The predicted molar refractivity (Wildman–Crippen MR) is 64.2 cm³/mol. The molecule has 9 nitrogen and oxygen atoms in total. The summed E-state index contributed by atoms with van der Waals surface area (Å²) in [6.45, 7) is 0. The number of benzene rings is 1. The van der Waals surface area contributed by atoms with E-state index >= 15 is 0 Å². The van der Waals surface area contributed by atoms with Gasteiger partial charge in [0, 0.05) is 0 Å². The van der Waals surface area contributed by atoms with Crippen molar-refractivity contribution in [3.8, 4) is 0 Å². The Hall–Kier alpha value is -3.04. The smallest absolute Gasteiger partial charge is 0.326 e. The molecule has 21 heavy (non-hydrogen) atoms. The molecule has 1 amide bonds. The lowest BCUT2D eigenvalue weighted by Gasteiger charge is -2.12. The van der Waals surface area contributed by atoms with E-state index in [0.717, 1.165) is 12.1 Å². The monoisotopic (exact) mass is 300 g/mol. The van der Waals surface area contributed by atoms with Gasteiger partial charge < -0.3 is 15.5 Å². The van der Waals surface area contributed by atoms with Gasteiger partial charge in [-0.05, 0) is 12.1 Å². The first-order valence-electron chi connectivity index (χ1n) is 5.41. The molecule has 0 saturated heterocycles. The molecule has 0 aromatic heterocycles. The maximum absolute atomic E-state index is 12.9. The standard InChI is InChI=1S/C11H9FN2O7/c12-5-1-2-6(8(3-5)14(20)21)10(17)13-7(11(18)19)4-9(15)16/h1-3,7H,4H2,(H,13,17)(H,15,16)(H,18,19)/t7-/m0/s1. The van der Waals surface area contributed by atoms with Gasteiger partial charge in [0.05, 0.1) is 17.4 Å². The lowest BCUT2D eigenvalue weighted by molar-refractivity contribution is -0.385. The summed E-state index contributed by atoms with van der Waals surface area (Å²) >= 11 is 0. The van der Waals surface area contributed by atoms with Crippen LogP contribution in [0.25, 0.3) is 0 Å². The van der Waals surface area contributed by atoms with Crippen LogP contribution in [-0.2, 0) is 9.59 Å². The molecule has 0 aliphatic heterocycles. The first kappa shape index (κ1) is 16.0. The van der Waals surface area contributed by atoms with Crippen molar-refractivity contribution in [1.29, 1.82) is 0 Å². The van der Waals surface area contributed by atoms with E-state index in [1.807, 2.05) is 5.32 Å².